The molecule has 0 aromatic heterocycles. The molecule has 1 aliphatic rings. The van der Waals surface area contributed by atoms with Gasteiger partial charge in [0.1, 0.15) is 0 Å². The van der Waals surface area contributed by atoms with E-state index in [2.05, 4.69) is 12.2 Å². The standard InChI is InChI=1S/C17H27NO2/c1-13-4-3-5-14(10-13)8-9-18-12-15-6-7-17(20-2)16(19)11-15/h6-7,11,13-14,18-19H,3-5,8-10,12H2,1-2H3. The molecule has 1 saturated carbocycles. The molecule has 3 heteroatoms. The number of ether oxygens (including phenoxy) is 1. The van der Waals surface area contributed by atoms with Crippen molar-refractivity contribution in [2.45, 2.75) is 45.6 Å². The van der Waals surface area contributed by atoms with E-state index in [0.29, 0.717) is 5.75 Å². The van der Waals surface area contributed by atoms with Gasteiger partial charge in [0.2, 0.25) is 0 Å². The SMILES string of the molecule is COc1ccc(CNCCC2CCCC(C)C2)cc1O. The van der Waals surface area contributed by atoms with Gasteiger partial charge in [-0.15, -0.1) is 0 Å². The summed E-state index contributed by atoms with van der Waals surface area (Å²) in [6, 6.07) is 5.58. The van der Waals surface area contributed by atoms with E-state index in [9.17, 15) is 5.11 Å². The van der Waals surface area contributed by atoms with Crippen LogP contribution in [0.25, 0.3) is 0 Å². The van der Waals surface area contributed by atoms with Crippen molar-refractivity contribution in [1.82, 2.24) is 5.32 Å². The highest BCUT2D eigenvalue weighted by atomic mass is 16.5. The third-order valence-electron chi connectivity index (χ3n) is 4.35. The van der Waals surface area contributed by atoms with Crippen LogP contribution in [0, 0.1) is 11.8 Å². The Balaban J connectivity index is 1.69. The van der Waals surface area contributed by atoms with E-state index in [0.717, 1.165) is 30.5 Å². The Hall–Kier alpha value is -1.22. The van der Waals surface area contributed by atoms with Gasteiger partial charge in [-0.3, -0.25) is 0 Å². The second-order valence-corrected chi connectivity index (χ2v) is 6.11. The number of nitrogens with one attached hydrogen (secondary N) is 1. The topological polar surface area (TPSA) is 41.5 Å². The van der Waals surface area contributed by atoms with E-state index in [1.807, 2.05) is 12.1 Å². The first kappa shape index (κ1) is 15.2. The largest absolute Gasteiger partial charge is 0.504 e. The predicted octanol–water partition coefficient (Wildman–Crippen LogP) is 3.71. The van der Waals surface area contributed by atoms with Gasteiger partial charge < -0.3 is 15.2 Å². The van der Waals surface area contributed by atoms with Crippen LogP contribution in [0.5, 0.6) is 11.5 Å². The van der Waals surface area contributed by atoms with Gasteiger partial charge in [0.05, 0.1) is 7.11 Å². The second-order valence-electron chi connectivity index (χ2n) is 6.11. The molecule has 2 rings (SSSR count). The minimum atomic E-state index is 0.216. The molecule has 0 saturated heterocycles. The van der Waals surface area contributed by atoms with E-state index >= 15 is 0 Å². The molecule has 1 aromatic carbocycles. The molecule has 0 aliphatic heterocycles. The molecule has 0 spiro atoms. The Labute approximate surface area is 122 Å². The highest BCUT2D eigenvalue weighted by Gasteiger charge is 2.18. The molecule has 20 heavy (non-hydrogen) atoms. The van der Waals surface area contributed by atoms with Crippen molar-refractivity contribution in [3.63, 3.8) is 0 Å². The fraction of sp³-hybridized carbons (Fsp3) is 0.647. The average Bonchev–Trinajstić information content (AvgIpc) is 2.44. The van der Waals surface area contributed by atoms with Gasteiger partial charge in [0, 0.05) is 6.54 Å². The summed E-state index contributed by atoms with van der Waals surface area (Å²) >= 11 is 0. The number of methoxy groups -OCH3 is 1. The van der Waals surface area contributed by atoms with Crippen molar-refractivity contribution < 1.29 is 9.84 Å². The lowest BCUT2D eigenvalue weighted by atomic mass is 9.81. The minimum Gasteiger partial charge on any atom is -0.504 e. The first-order chi connectivity index (χ1) is 9.69. The first-order valence-corrected chi connectivity index (χ1v) is 7.75. The zero-order valence-corrected chi connectivity index (χ0v) is 12.7. The van der Waals surface area contributed by atoms with Crippen molar-refractivity contribution in [1.29, 1.82) is 0 Å². The monoisotopic (exact) mass is 277 g/mol. The molecule has 0 amide bonds. The van der Waals surface area contributed by atoms with Crippen LogP contribution >= 0.6 is 0 Å². The zero-order chi connectivity index (χ0) is 14.4. The van der Waals surface area contributed by atoms with Crippen LogP contribution in [0.2, 0.25) is 0 Å². The number of hydrogen-bond acceptors (Lipinski definition) is 3. The first-order valence-electron chi connectivity index (χ1n) is 7.75. The average molecular weight is 277 g/mol. The van der Waals surface area contributed by atoms with Crippen LogP contribution < -0.4 is 10.1 Å². The van der Waals surface area contributed by atoms with E-state index < -0.39 is 0 Å². The molecule has 0 radical (unpaired) electrons. The van der Waals surface area contributed by atoms with Crippen molar-refractivity contribution in [3.8, 4) is 11.5 Å². The maximum absolute atomic E-state index is 9.73. The lowest BCUT2D eigenvalue weighted by molar-refractivity contribution is 0.267. The highest BCUT2D eigenvalue weighted by molar-refractivity contribution is 5.41. The number of hydrogen-bond donors (Lipinski definition) is 2. The van der Waals surface area contributed by atoms with Crippen LogP contribution in [0.1, 0.15) is 44.6 Å². The maximum atomic E-state index is 9.73. The van der Waals surface area contributed by atoms with Gasteiger partial charge in [-0.25, -0.2) is 0 Å². The smallest absolute Gasteiger partial charge is 0.160 e. The third-order valence-corrected chi connectivity index (χ3v) is 4.35. The molecule has 112 valence electrons. The Morgan fingerprint density at radius 1 is 1.35 bits per heavy atom. The zero-order valence-electron chi connectivity index (χ0n) is 12.7. The lowest BCUT2D eigenvalue weighted by Gasteiger charge is -2.26. The van der Waals surface area contributed by atoms with Crippen molar-refractivity contribution in [2.24, 2.45) is 11.8 Å². The fourth-order valence-corrected chi connectivity index (χ4v) is 3.21. The van der Waals surface area contributed by atoms with Crippen LogP contribution in [-0.2, 0) is 6.54 Å². The van der Waals surface area contributed by atoms with Crippen molar-refractivity contribution in [3.05, 3.63) is 23.8 Å². The van der Waals surface area contributed by atoms with Crippen LogP contribution in [0.3, 0.4) is 0 Å². The molecule has 2 unspecified atom stereocenters. The summed E-state index contributed by atoms with van der Waals surface area (Å²) in [6.45, 7) is 4.24. The Bertz CT molecular complexity index is 419. The molecule has 0 heterocycles. The van der Waals surface area contributed by atoms with E-state index in [4.69, 9.17) is 4.74 Å². The lowest BCUT2D eigenvalue weighted by Crippen LogP contribution is -2.21. The molecule has 3 nitrogen and oxygen atoms in total. The molecular weight excluding hydrogens is 250 g/mol. The van der Waals surface area contributed by atoms with Gasteiger partial charge in [0.25, 0.3) is 0 Å². The highest BCUT2D eigenvalue weighted by Crippen LogP contribution is 2.30. The molecule has 1 fully saturated rings. The Kier molecular flexibility index (Phi) is 5.72. The van der Waals surface area contributed by atoms with E-state index in [1.54, 1.807) is 13.2 Å². The summed E-state index contributed by atoms with van der Waals surface area (Å²) in [5.41, 5.74) is 1.10. The van der Waals surface area contributed by atoms with Gasteiger partial charge in [0.15, 0.2) is 11.5 Å². The molecule has 2 N–H and O–H groups in total. The van der Waals surface area contributed by atoms with Gasteiger partial charge in [-0.1, -0.05) is 32.3 Å². The normalized spacial score (nSPS) is 22.7. The van der Waals surface area contributed by atoms with E-state index in [1.165, 1.54) is 32.1 Å². The summed E-state index contributed by atoms with van der Waals surface area (Å²) in [5, 5.41) is 13.2. The number of phenols is 1. The molecule has 0 bridgehead atoms. The summed E-state index contributed by atoms with van der Waals surface area (Å²) in [6.07, 6.45) is 6.88. The van der Waals surface area contributed by atoms with Gasteiger partial charge in [-0.05, 0) is 48.9 Å². The van der Waals surface area contributed by atoms with Crippen molar-refractivity contribution in [2.75, 3.05) is 13.7 Å². The summed E-state index contributed by atoms with van der Waals surface area (Å²) in [5.74, 6) is 2.56. The van der Waals surface area contributed by atoms with Gasteiger partial charge >= 0.3 is 0 Å². The quantitative estimate of drug-likeness (QED) is 0.779. The molecule has 2 atom stereocenters. The van der Waals surface area contributed by atoms with E-state index in [-0.39, 0.29) is 5.75 Å². The van der Waals surface area contributed by atoms with Crippen LogP contribution in [0.15, 0.2) is 18.2 Å². The molecule has 1 aliphatic carbocycles. The van der Waals surface area contributed by atoms with Gasteiger partial charge in [-0.2, -0.15) is 0 Å². The number of rotatable bonds is 6. The number of phenolic OH excluding ortho intramolecular Hbond substituents is 1. The Morgan fingerprint density at radius 3 is 2.90 bits per heavy atom. The molecule has 1 aromatic rings. The minimum absolute atomic E-state index is 0.216. The fourth-order valence-electron chi connectivity index (χ4n) is 3.21. The number of benzene rings is 1. The summed E-state index contributed by atoms with van der Waals surface area (Å²) in [7, 11) is 1.57. The third kappa shape index (κ3) is 4.41. The number of aromatic hydroxyl groups is 1. The van der Waals surface area contributed by atoms with Crippen LogP contribution in [-0.4, -0.2) is 18.8 Å². The molecular formula is C17H27NO2. The maximum Gasteiger partial charge on any atom is 0.160 e. The van der Waals surface area contributed by atoms with Crippen molar-refractivity contribution >= 4 is 0 Å². The summed E-state index contributed by atoms with van der Waals surface area (Å²) in [4.78, 5) is 0. The Morgan fingerprint density at radius 2 is 2.20 bits per heavy atom. The van der Waals surface area contributed by atoms with Crippen LogP contribution in [0.4, 0.5) is 0 Å². The predicted molar refractivity (Wildman–Crippen MR) is 82.1 cm³/mol. The second kappa shape index (κ2) is 7.53. The summed E-state index contributed by atoms with van der Waals surface area (Å²) < 4.78 is 5.04.